The normalized spacial score (nSPS) is 11.2. The minimum Gasteiger partial charge on any atom is -0.339 e. The fourth-order valence-corrected chi connectivity index (χ4v) is 9.11. The molecule has 3 nitrogen and oxygen atoms in total. The SMILES string of the molecule is CCCC[P+](CCCC)(CCCC)CCCC.O=c1cc(-c2ccc(Cl)cc2)[nH]o1. The molecule has 0 fully saturated rings. The first kappa shape index (κ1) is 27.0. The summed E-state index contributed by atoms with van der Waals surface area (Å²) >= 11 is 5.71. The lowest BCUT2D eigenvalue weighted by molar-refractivity contribution is 0.394. The van der Waals surface area contributed by atoms with Crippen LogP contribution in [0.3, 0.4) is 0 Å². The predicted molar refractivity (Wildman–Crippen MR) is 136 cm³/mol. The number of halogens is 1. The number of hydrogen-bond acceptors (Lipinski definition) is 2. The van der Waals surface area contributed by atoms with E-state index in [4.69, 9.17) is 11.6 Å². The van der Waals surface area contributed by atoms with Crippen molar-refractivity contribution in [3.63, 3.8) is 0 Å². The van der Waals surface area contributed by atoms with Crippen LogP contribution in [0.5, 0.6) is 0 Å². The van der Waals surface area contributed by atoms with Crippen LogP contribution in [0.1, 0.15) is 79.1 Å². The molecule has 0 saturated carbocycles. The summed E-state index contributed by atoms with van der Waals surface area (Å²) in [6.07, 6.45) is 17.9. The summed E-state index contributed by atoms with van der Waals surface area (Å²) in [7, 11) is -0.562. The number of hydrogen-bond donors (Lipinski definition) is 1. The second-order valence-electron chi connectivity index (χ2n) is 8.24. The minimum atomic E-state index is -0.562. The van der Waals surface area contributed by atoms with Crippen molar-refractivity contribution in [3.8, 4) is 11.3 Å². The third-order valence-electron chi connectivity index (χ3n) is 5.62. The lowest BCUT2D eigenvalue weighted by Gasteiger charge is -2.28. The molecule has 30 heavy (non-hydrogen) atoms. The highest BCUT2D eigenvalue weighted by Crippen LogP contribution is 2.61. The molecular formula is C25H42ClNO2P+. The van der Waals surface area contributed by atoms with Gasteiger partial charge in [0, 0.05) is 17.8 Å². The van der Waals surface area contributed by atoms with Gasteiger partial charge in [0.2, 0.25) is 0 Å². The Balaban J connectivity index is 0.000000308. The molecule has 5 heteroatoms. The smallest absolute Gasteiger partial charge is 0.339 e. The van der Waals surface area contributed by atoms with Crippen molar-refractivity contribution in [2.45, 2.75) is 79.1 Å². The second kappa shape index (κ2) is 15.7. The molecule has 0 spiro atoms. The van der Waals surface area contributed by atoms with Gasteiger partial charge in [-0.15, -0.1) is 0 Å². The van der Waals surface area contributed by atoms with Gasteiger partial charge in [0.05, 0.1) is 36.4 Å². The largest absolute Gasteiger partial charge is 0.357 e. The Bertz CT molecular complexity index is 686. The lowest BCUT2D eigenvalue weighted by Crippen LogP contribution is -2.12. The molecule has 1 aromatic heterocycles. The molecule has 1 N–H and O–H groups in total. The van der Waals surface area contributed by atoms with E-state index in [0.29, 0.717) is 10.7 Å². The summed E-state index contributed by atoms with van der Waals surface area (Å²) in [5.41, 5.74) is 1.14. The van der Waals surface area contributed by atoms with Gasteiger partial charge >= 0.3 is 5.63 Å². The zero-order valence-corrected chi connectivity index (χ0v) is 21.2. The minimum absolute atomic E-state index is 0.384. The Hall–Kier alpha value is -1.05. The maximum atomic E-state index is 10.7. The first-order valence-electron chi connectivity index (χ1n) is 11.8. The highest BCUT2D eigenvalue weighted by Gasteiger charge is 2.34. The molecule has 1 aromatic carbocycles. The Morgan fingerprint density at radius 3 is 1.57 bits per heavy atom. The summed E-state index contributed by atoms with van der Waals surface area (Å²) in [6, 6.07) is 8.51. The van der Waals surface area contributed by atoms with Gasteiger partial charge in [-0.3, -0.25) is 0 Å². The molecule has 0 aliphatic heterocycles. The van der Waals surface area contributed by atoms with Crippen LogP contribution < -0.4 is 5.63 Å². The number of rotatable bonds is 13. The molecule has 2 rings (SSSR count). The number of benzene rings is 1. The van der Waals surface area contributed by atoms with E-state index < -0.39 is 7.26 Å². The van der Waals surface area contributed by atoms with Crippen LogP contribution in [0.15, 0.2) is 39.6 Å². The van der Waals surface area contributed by atoms with Crippen LogP contribution >= 0.6 is 18.9 Å². The van der Waals surface area contributed by atoms with Crippen LogP contribution in [0.25, 0.3) is 11.3 Å². The molecule has 0 aliphatic carbocycles. The molecule has 170 valence electrons. The van der Waals surface area contributed by atoms with Crippen LogP contribution in [0.2, 0.25) is 5.02 Å². The number of H-pyrrole nitrogens is 1. The first-order valence-corrected chi connectivity index (χ1v) is 14.7. The van der Waals surface area contributed by atoms with Crippen LogP contribution in [-0.4, -0.2) is 29.8 Å². The van der Waals surface area contributed by atoms with Gasteiger partial charge in [0.15, 0.2) is 0 Å². The molecule has 0 amide bonds. The van der Waals surface area contributed by atoms with Gasteiger partial charge in [0.1, 0.15) is 0 Å². The highest BCUT2D eigenvalue weighted by atomic mass is 35.5. The summed E-state index contributed by atoms with van der Waals surface area (Å²) in [4.78, 5) is 10.7. The van der Waals surface area contributed by atoms with E-state index in [1.165, 1.54) is 57.4 Å². The Morgan fingerprint density at radius 1 is 0.800 bits per heavy atom. The van der Waals surface area contributed by atoms with Crippen LogP contribution in [0, 0.1) is 0 Å². The molecule has 1 heterocycles. The topological polar surface area (TPSA) is 46.0 Å². The van der Waals surface area contributed by atoms with Crippen LogP contribution in [-0.2, 0) is 0 Å². The molecule has 0 aliphatic rings. The van der Waals surface area contributed by atoms with Gasteiger partial charge in [-0.25, -0.2) is 9.95 Å². The van der Waals surface area contributed by atoms with E-state index >= 15 is 0 Å². The van der Waals surface area contributed by atoms with Crippen molar-refractivity contribution >= 4 is 18.9 Å². The average molecular weight is 455 g/mol. The summed E-state index contributed by atoms with van der Waals surface area (Å²) in [6.45, 7) is 9.42. The predicted octanol–water partition coefficient (Wildman–Crippen LogP) is 8.49. The van der Waals surface area contributed by atoms with Crippen molar-refractivity contribution in [2.75, 3.05) is 24.6 Å². The Labute approximate surface area is 189 Å². The second-order valence-corrected chi connectivity index (χ2v) is 13.1. The van der Waals surface area contributed by atoms with E-state index in [9.17, 15) is 4.79 Å². The van der Waals surface area contributed by atoms with Crippen molar-refractivity contribution in [1.82, 2.24) is 5.16 Å². The molecule has 0 radical (unpaired) electrons. The van der Waals surface area contributed by atoms with Crippen molar-refractivity contribution in [2.24, 2.45) is 0 Å². The molecule has 0 saturated heterocycles. The molecule has 2 aromatic rings. The summed E-state index contributed by atoms with van der Waals surface area (Å²) in [5, 5.41) is 3.17. The van der Waals surface area contributed by atoms with E-state index in [1.807, 2.05) is 12.1 Å². The zero-order chi connectivity index (χ0) is 22.2. The number of unbranched alkanes of at least 4 members (excludes halogenated alkanes) is 4. The third kappa shape index (κ3) is 10.3. The maximum Gasteiger partial charge on any atom is 0.357 e. The first-order chi connectivity index (χ1) is 14.5. The fourth-order valence-electron chi connectivity index (χ4n) is 3.70. The Kier molecular flexibility index (Phi) is 14.1. The third-order valence-corrected chi connectivity index (χ3v) is 10.9. The number of aromatic amines is 1. The molecule has 0 unspecified atom stereocenters. The van der Waals surface area contributed by atoms with Gasteiger partial charge in [-0.1, -0.05) is 77.1 Å². The van der Waals surface area contributed by atoms with Gasteiger partial charge in [0.25, 0.3) is 0 Å². The van der Waals surface area contributed by atoms with E-state index in [1.54, 1.807) is 36.8 Å². The van der Waals surface area contributed by atoms with Crippen molar-refractivity contribution in [1.29, 1.82) is 0 Å². The molecule has 0 atom stereocenters. The monoisotopic (exact) mass is 454 g/mol. The quantitative estimate of drug-likeness (QED) is 0.308. The van der Waals surface area contributed by atoms with E-state index in [-0.39, 0.29) is 5.63 Å². The number of nitrogens with one attached hydrogen (secondary N) is 1. The van der Waals surface area contributed by atoms with E-state index in [0.717, 1.165) is 5.56 Å². The molecular weight excluding hydrogens is 413 g/mol. The van der Waals surface area contributed by atoms with Crippen LogP contribution in [0.4, 0.5) is 0 Å². The number of aromatic nitrogens is 1. The summed E-state index contributed by atoms with van der Waals surface area (Å²) < 4.78 is 4.54. The Morgan fingerprint density at radius 2 is 1.23 bits per heavy atom. The van der Waals surface area contributed by atoms with Crippen molar-refractivity contribution < 1.29 is 4.52 Å². The summed E-state index contributed by atoms with van der Waals surface area (Å²) in [5.74, 6) is 0. The highest BCUT2D eigenvalue weighted by molar-refractivity contribution is 7.75. The van der Waals surface area contributed by atoms with Gasteiger partial charge in [-0.2, -0.15) is 0 Å². The standard InChI is InChI=1S/C16H36P.C9H6ClNO2/c1-5-9-13-17(14-10-6-2,15-11-7-3)16-12-8-4;10-7-3-1-6(2-4-7)8-5-9(12)13-11-8/h5-16H2,1-4H3;1-5,11H/q+1;. The van der Waals surface area contributed by atoms with E-state index in [2.05, 4.69) is 37.4 Å². The average Bonchev–Trinajstić information content (AvgIpc) is 3.20. The fraction of sp³-hybridized carbons (Fsp3) is 0.640. The lowest BCUT2D eigenvalue weighted by atomic mass is 10.2. The molecule has 0 bridgehead atoms. The van der Waals surface area contributed by atoms with Gasteiger partial charge in [-0.05, 0) is 37.8 Å². The maximum absolute atomic E-state index is 10.7. The van der Waals surface area contributed by atoms with Gasteiger partial charge < -0.3 is 4.52 Å². The zero-order valence-electron chi connectivity index (χ0n) is 19.5. The van der Waals surface area contributed by atoms with Crippen molar-refractivity contribution in [3.05, 3.63) is 45.8 Å².